The lowest BCUT2D eigenvalue weighted by molar-refractivity contribution is 0.102. The number of hydrogen-bond acceptors (Lipinski definition) is 2. The van der Waals surface area contributed by atoms with Crippen LogP contribution >= 0.6 is 11.6 Å². The molecular formula is C15H15ClN2O. The average Bonchev–Trinajstić information content (AvgIpc) is 2.39. The Balaban J connectivity index is 2.13. The molecule has 0 aliphatic carbocycles. The summed E-state index contributed by atoms with van der Waals surface area (Å²) < 4.78 is 0. The molecule has 0 aromatic heterocycles. The van der Waals surface area contributed by atoms with Crippen LogP contribution in [0, 0.1) is 0 Å². The van der Waals surface area contributed by atoms with Gasteiger partial charge in [-0.1, -0.05) is 23.7 Å². The molecule has 1 amide bonds. The Morgan fingerprint density at radius 1 is 1.05 bits per heavy atom. The van der Waals surface area contributed by atoms with Crippen molar-refractivity contribution in [2.45, 2.75) is 0 Å². The molecule has 0 bridgehead atoms. The van der Waals surface area contributed by atoms with Crippen molar-refractivity contribution in [3.05, 3.63) is 59.1 Å². The highest BCUT2D eigenvalue weighted by Crippen LogP contribution is 2.19. The van der Waals surface area contributed by atoms with Crippen LogP contribution < -0.4 is 10.2 Å². The number of rotatable bonds is 3. The number of amides is 1. The number of hydrogen-bond donors (Lipinski definition) is 1. The van der Waals surface area contributed by atoms with Crippen LogP contribution in [0.4, 0.5) is 11.4 Å². The smallest absolute Gasteiger partial charge is 0.257 e. The number of benzene rings is 2. The largest absolute Gasteiger partial charge is 0.378 e. The van der Waals surface area contributed by atoms with Gasteiger partial charge in [0.15, 0.2) is 0 Å². The van der Waals surface area contributed by atoms with Gasteiger partial charge in [0.05, 0.1) is 10.6 Å². The normalized spacial score (nSPS) is 10.1. The summed E-state index contributed by atoms with van der Waals surface area (Å²) in [5, 5.41) is 3.27. The molecule has 0 spiro atoms. The summed E-state index contributed by atoms with van der Waals surface area (Å²) >= 11 is 5.98. The minimum Gasteiger partial charge on any atom is -0.378 e. The fourth-order valence-electron chi connectivity index (χ4n) is 1.69. The first-order chi connectivity index (χ1) is 9.08. The number of anilines is 2. The van der Waals surface area contributed by atoms with E-state index in [4.69, 9.17) is 11.6 Å². The Bertz CT molecular complexity index is 579. The summed E-state index contributed by atoms with van der Waals surface area (Å²) in [6.45, 7) is 0. The molecule has 0 unspecified atom stereocenters. The molecule has 0 saturated heterocycles. The Morgan fingerprint density at radius 2 is 1.68 bits per heavy atom. The minimum absolute atomic E-state index is 0.205. The number of nitrogens with one attached hydrogen (secondary N) is 1. The zero-order valence-electron chi connectivity index (χ0n) is 10.9. The van der Waals surface area contributed by atoms with Gasteiger partial charge in [-0.3, -0.25) is 4.79 Å². The van der Waals surface area contributed by atoms with E-state index in [9.17, 15) is 4.79 Å². The fraction of sp³-hybridized carbons (Fsp3) is 0.133. The third-order valence-corrected chi connectivity index (χ3v) is 3.09. The summed E-state index contributed by atoms with van der Waals surface area (Å²) in [6, 6.07) is 14.6. The summed E-state index contributed by atoms with van der Waals surface area (Å²) in [7, 11) is 3.94. The topological polar surface area (TPSA) is 32.3 Å². The summed E-state index contributed by atoms with van der Waals surface area (Å²) in [4.78, 5) is 14.0. The molecule has 4 heteroatoms. The molecule has 0 aliphatic heterocycles. The van der Waals surface area contributed by atoms with Gasteiger partial charge in [-0.15, -0.1) is 0 Å². The van der Waals surface area contributed by atoms with Gasteiger partial charge < -0.3 is 10.2 Å². The molecule has 0 saturated carbocycles. The highest BCUT2D eigenvalue weighted by atomic mass is 35.5. The zero-order chi connectivity index (χ0) is 13.8. The first kappa shape index (κ1) is 13.4. The van der Waals surface area contributed by atoms with E-state index in [1.54, 1.807) is 24.3 Å². The molecule has 2 rings (SSSR count). The maximum atomic E-state index is 12.0. The lowest BCUT2D eigenvalue weighted by Gasteiger charge is -2.13. The van der Waals surface area contributed by atoms with Gasteiger partial charge in [0.25, 0.3) is 5.91 Å². The minimum atomic E-state index is -0.205. The van der Waals surface area contributed by atoms with Crippen molar-refractivity contribution < 1.29 is 4.79 Å². The summed E-state index contributed by atoms with van der Waals surface area (Å²) in [6.07, 6.45) is 0. The number of nitrogens with zero attached hydrogens (tertiary/aromatic N) is 1. The Hall–Kier alpha value is -2.00. The monoisotopic (exact) mass is 274 g/mol. The molecule has 19 heavy (non-hydrogen) atoms. The van der Waals surface area contributed by atoms with E-state index in [0.29, 0.717) is 10.6 Å². The zero-order valence-corrected chi connectivity index (χ0v) is 11.6. The van der Waals surface area contributed by atoms with E-state index in [1.165, 1.54) is 0 Å². The molecule has 2 aromatic carbocycles. The molecule has 0 radical (unpaired) electrons. The van der Waals surface area contributed by atoms with E-state index in [1.807, 2.05) is 43.3 Å². The number of carbonyl (C=O) groups excluding carboxylic acids is 1. The van der Waals surface area contributed by atoms with Crippen LogP contribution in [0.15, 0.2) is 48.5 Å². The van der Waals surface area contributed by atoms with Crippen molar-refractivity contribution in [3.8, 4) is 0 Å². The van der Waals surface area contributed by atoms with E-state index < -0.39 is 0 Å². The Labute approximate surface area is 117 Å². The van der Waals surface area contributed by atoms with Crippen molar-refractivity contribution in [1.82, 2.24) is 0 Å². The Morgan fingerprint density at radius 3 is 2.26 bits per heavy atom. The molecule has 0 aliphatic rings. The molecule has 1 N–H and O–H groups in total. The lowest BCUT2D eigenvalue weighted by atomic mass is 10.2. The fourth-order valence-corrected chi connectivity index (χ4v) is 1.91. The molecule has 2 aromatic rings. The predicted molar refractivity (Wildman–Crippen MR) is 80.2 cm³/mol. The van der Waals surface area contributed by atoms with Crippen LogP contribution in [0.5, 0.6) is 0 Å². The van der Waals surface area contributed by atoms with Crippen LogP contribution in [0.25, 0.3) is 0 Å². The second-order valence-corrected chi connectivity index (χ2v) is 4.78. The molecule has 0 heterocycles. The van der Waals surface area contributed by atoms with Gasteiger partial charge in [0, 0.05) is 25.5 Å². The standard InChI is InChI=1S/C15H15ClN2O/c1-18(2)12-9-7-11(8-10-12)17-15(19)13-5-3-4-6-14(13)16/h3-10H,1-2H3,(H,17,19). The van der Waals surface area contributed by atoms with E-state index in [2.05, 4.69) is 5.32 Å². The van der Waals surface area contributed by atoms with Crippen molar-refractivity contribution >= 4 is 28.9 Å². The SMILES string of the molecule is CN(C)c1ccc(NC(=O)c2ccccc2Cl)cc1. The second-order valence-electron chi connectivity index (χ2n) is 4.38. The second kappa shape index (κ2) is 5.76. The van der Waals surface area contributed by atoms with Crippen LogP contribution in [0.3, 0.4) is 0 Å². The van der Waals surface area contributed by atoms with Crippen LogP contribution in [0.1, 0.15) is 10.4 Å². The third kappa shape index (κ3) is 3.26. The van der Waals surface area contributed by atoms with Gasteiger partial charge in [-0.05, 0) is 36.4 Å². The molecule has 0 atom stereocenters. The van der Waals surface area contributed by atoms with Gasteiger partial charge in [-0.2, -0.15) is 0 Å². The molecule has 0 fully saturated rings. The van der Waals surface area contributed by atoms with E-state index >= 15 is 0 Å². The van der Waals surface area contributed by atoms with Crippen molar-refractivity contribution in [2.24, 2.45) is 0 Å². The van der Waals surface area contributed by atoms with Gasteiger partial charge >= 0.3 is 0 Å². The molecular weight excluding hydrogens is 260 g/mol. The van der Waals surface area contributed by atoms with Crippen molar-refractivity contribution in [3.63, 3.8) is 0 Å². The number of carbonyl (C=O) groups is 1. The Kier molecular flexibility index (Phi) is 4.07. The lowest BCUT2D eigenvalue weighted by Crippen LogP contribution is -2.13. The maximum absolute atomic E-state index is 12.0. The summed E-state index contributed by atoms with van der Waals surface area (Å²) in [5.41, 5.74) is 2.30. The highest BCUT2D eigenvalue weighted by molar-refractivity contribution is 6.34. The molecule has 98 valence electrons. The number of halogens is 1. The van der Waals surface area contributed by atoms with Gasteiger partial charge in [0.2, 0.25) is 0 Å². The van der Waals surface area contributed by atoms with E-state index in [0.717, 1.165) is 11.4 Å². The highest BCUT2D eigenvalue weighted by Gasteiger charge is 2.09. The van der Waals surface area contributed by atoms with Crippen molar-refractivity contribution in [1.29, 1.82) is 0 Å². The van der Waals surface area contributed by atoms with Crippen LogP contribution in [-0.4, -0.2) is 20.0 Å². The first-order valence-corrected chi connectivity index (χ1v) is 6.29. The molecule has 3 nitrogen and oxygen atoms in total. The van der Waals surface area contributed by atoms with Gasteiger partial charge in [-0.25, -0.2) is 0 Å². The van der Waals surface area contributed by atoms with Crippen LogP contribution in [0.2, 0.25) is 5.02 Å². The quantitative estimate of drug-likeness (QED) is 0.926. The van der Waals surface area contributed by atoms with Crippen LogP contribution in [-0.2, 0) is 0 Å². The average molecular weight is 275 g/mol. The van der Waals surface area contributed by atoms with Crippen molar-refractivity contribution in [2.75, 3.05) is 24.3 Å². The third-order valence-electron chi connectivity index (χ3n) is 2.76. The predicted octanol–water partition coefficient (Wildman–Crippen LogP) is 3.66. The van der Waals surface area contributed by atoms with Gasteiger partial charge in [0.1, 0.15) is 0 Å². The maximum Gasteiger partial charge on any atom is 0.257 e. The van der Waals surface area contributed by atoms with E-state index in [-0.39, 0.29) is 5.91 Å². The first-order valence-electron chi connectivity index (χ1n) is 5.91. The summed E-state index contributed by atoms with van der Waals surface area (Å²) in [5.74, 6) is -0.205.